The molecule has 0 amide bonds. The van der Waals surface area contributed by atoms with Crippen molar-refractivity contribution in [3.05, 3.63) is 0 Å². The summed E-state index contributed by atoms with van der Waals surface area (Å²) in [5, 5.41) is 0. The molecule has 0 saturated heterocycles. The molecule has 0 aromatic carbocycles. The minimum absolute atomic E-state index is 0. The van der Waals surface area contributed by atoms with Crippen molar-refractivity contribution in [2.24, 2.45) is 0 Å². The Morgan fingerprint density at radius 2 is 1.53 bits per heavy atom. The maximum Gasteiger partial charge on any atom is 1.00 e. The Hall–Kier alpha value is 1.26. The van der Waals surface area contributed by atoms with E-state index >= 15 is 0 Å². The van der Waals surface area contributed by atoms with Crippen LogP contribution in [0.15, 0.2) is 0 Å². The van der Waals surface area contributed by atoms with Crippen LogP contribution >= 0.6 is 7.94 Å². The normalized spacial score (nSPS) is 13.9. The fourth-order valence-electron chi connectivity index (χ4n) is 1.29. The first-order valence-electron chi connectivity index (χ1n) is 5.94. The van der Waals surface area contributed by atoms with Crippen LogP contribution in [0.2, 0.25) is 0 Å². The molecule has 0 saturated carbocycles. The van der Waals surface area contributed by atoms with Gasteiger partial charge in [-0.3, -0.25) is 0 Å². The number of hydrogen-bond donors (Lipinski definition) is 0. The second kappa shape index (κ2) is 10.1. The summed E-state index contributed by atoms with van der Waals surface area (Å²) < 4.78 is 10.9. The molecule has 6 heteroatoms. The van der Waals surface area contributed by atoms with Crippen molar-refractivity contribution in [1.29, 1.82) is 0 Å². The monoisotopic (exact) mass is 274 g/mol. The largest absolute Gasteiger partial charge is 1.00 e. The van der Waals surface area contributed by atoms with Crippen molar-refractivity contribution in [1.82, 2.24) is 0 Å². The Morgan fingerprint density at radius 1 is 1.12 bits per heavy atom. The van der Waals surface area contributed by atoms with Gasteiger partial charge in [0, 0.05) is 4.99 Å². The van der Waals surface area contributed by atoms with Crippen LogP contribution in [0, 0.1) is 0 Å². The van der Waals surface area contributed by atoms with E-state index in [1.165, 1.54) is 0 Å². The third-order valence-electron chi connectivity index (χ3n) is 1.87. The fraction of sp³-hybridized carbons (Fsp3) is 1.00. The van der Waals surface area contributed by atoms with E-state index < -0.39 is 12.9 Å². The molecule has 0 fully saturated rings. The van der Waals surface area contributed by atoms with E-state index in [-0.39, 0.29) is 31.1 Å². The molecule has 0 spiro atoms. The summed E-state index contributed by atoms with van der Waals surface area (Å²) in [4.78, 5) is 12.1. The smallest absolute Gasteiger partial charge is 0.743 e. The minimum Gasteiger partial charge on any atom is -0.743 e. The molecule has 0 aromatic heterocycles. The van der Waals surface area contributed by atoms with Crippen molar-refractivity contribution < 1.29 is 32.8 Å². The maximum atomic E-state index is 12.5. The average molecular weight is 274 g/mol. The minimum atomic E-state index is -3.14. The van der Waals surface area contributed by atoms with E-state index in [9.17, 15) is 4.89 Å². The molecule has 3 nitrogen and oxygen atoms in total. The summed E-state index contributed by atoms with van der Waals surface area (Å²) in [6.45, 7) is 9.46. The summed E-state index contributed by atoms with van der Waals surface area (Å²) in [6, 6.07) is 0. The van der Waals surface area contributed by atoms with Crippen LogP contribution in [-0.2, 0) is 21.7 Å². The van der Waals surface area contributed by atoms with E-state index in [4.69, 9.17) is 21.7 Å². The Bertz CT molecular complexity index is 184. The first-order valence-corrected chi connectivity index (χ1v) is 8.02. The molecule has 0 aliphatic rings. The van der Waals surface area contributed by atoms with Gasteiger partial charge in [-0.05, 0) is 34.1 Å². The quantitative estimate of drug-likeness (QED) is 0.356. The fourth-order valence-corrected chi connectivity index (χ4v) is 3.75. The van der Waals surface area contributed by atoms with Gasteiger partial charge in [0.2, 0.25) is 7.94 Å². The van der Waals surface area contributed by atoms with Crippen LogP contribution in [0.3, 0.4) is 0 Å². The molecule has 0 heterocycles. The van der Waals surface area contributed by atoms with Gasteiger partial charge in [-0.25, -0.2) is 9.05 Å². The van der Waals surface area contributed by atoms with Gasteiger partial charge in [0.1, 0.15) is 0 Å². The van der Waals surface area contributed by atoms with Crippen molar-refractivity contribution in [3.8, 4) is 0 Å². The molecule has 1 atom stereocenters. The second-order valence-corrected chi connectivity index (χ2v) is 7.49. The van der Waals surface area contributed by atoms with E-state index in [1.807, 2.05) is 27.7 Å². The van der Waals surface area contributed by atoms with Gasteiger partial charge in [0.05, 0.1) is 12.2 Å². The molecule has 0 unspecified atom stereocenters. The van der Waals surface area contributed by atoms with Crippen LogP contribution in [0.4, 0.5) is 0 Å². The van der Waals surface area contributed by atoms with Gasteiger partial charge < -0.3 is 17.5 Å². The van der Waals surface area contributed by atoms with Crippen LogP contribution in [-0.4, -0.2) is 17.2 Å². The van der Waals surface area contributed by atoms with Gasteiger partial charge in [-0.1, -0.05) is 19.8 Å². The molecular formula is C11H24LiO3PS. The molecule has 0 N–H and O–H groups in total. The zero-order valence-electron chi connectivity index (χ0n) is 11.9. The Kier molecular flexibility index (Phi) is 12.2. The summed E-state index contributed by atoms with van der Waals surface area (Å²) in [7, 11) is -3.14. The second-order valence-electron chi connectivity index (χ2n) is 4.45. The summed E-state index contributed by atoms with van der Waals surface area (Å²) in [6.07, 6.45) is 2.45. The molecule has 0 radical (unpaired) electrons. The van der Waals surface area contributed by atoms with E-state index in [1.54, 1.807) is 0 Å². The van der Waals surface area contributed by atoms with Crippen LogP contribution in [0.25, 0.3) is 0 Å². The van der Waals surface area contributed by atoms with E-state index in [2.05, 4.69) is 6.92 Å². The molecule has 17 heavy (non-hydrogen) atoms. The Morgan fingerprint density at radius 3 is 1.82 bits per heavy atom. The topological polar surface area (TPSA) is 41.5 Å². The summed E-state index contributed by atoms with van der Waals surface area (Å²) in [5.41, 5.74) is 0. The third-order valence-corrected chi connectivity index (χ3v) is 5.28. The number of hydrogen-bond acceptors (Lipinski definition) is 4. The van der Waals surface area contributed by atoms with Gasteiger partial charge >= 0.3 is 18.9 Å². The molecule has 98 valence electrons. The van der Waals surface area contributed by atoms with Crippen molar-refractivity contribution >= 4 is 20.6 Å². The van der Waals surface area contributed by atoms with E-state index in [0.29, 0.717) is 6.42 Å². The van der Waals surface area contributed by atoms with Gasteiger partial charge in [0.25, 0.3) is 0 Å². The van der Waals surface area contributed by atoms with Crippen molar-refractivity contribution in [2.45, 2.75) is 71.1 Å². The van der Waals surface area contributed by atoms with Gasteiger partial charge in [0.15, 0.2) is 0 Å². The maximum absolute atomic E-state index is 12.5. The SMILES string of the molecule is CCCC[C@@H]([S-])[P+]([O-])(OC(C)C)OC(C)C.[Li+]. The van der Waals surface area contributed by atoms with E-state index in [0.717, 1.165) is 12.8 Å². The summed E-state index contributed by atoms with van der Waals surface area (Å²) >= 11 is 5.26. The molecule has 0 bridgehead atoms. The molecular weight excluding hydrogens is 250 g/mol. The Labute approximate surface area is 124 Å². The van der Waals surface area contributed by atoms with Gasteiger partial charge in [-0.15, -0.1) is 0 Å². The van der Waals surface area contributed by atoms with Crippen LogP contribution in [0.5, 0.6) is 0 Å². The van der Waals surface area contributed by atoms with Crippen LogP contribution in [0.1, 0.15) is 53.9 Å². The predicted octanol–water partition coefficient (Wildman–Crippen LogP) is 0.0265. The third kappa shape index (κ3) is 8.89. The molecule has 0 aliphatic carbocycles. The van der Waals surface area contributed by atoms with Crippen LogP contribution < -0.4 is 23.8 Å². The molecule has 0 aromatic rings. The molecule has 0 rings (SSSR count). The van der Waals surface area contributed by atoms with Gasteiger partial charge in [-0.2, -0.15) is 0 Å². The predicted molar refractivity (Wildman–Crippen MR) is 70.0 cm³/mol. The first-order chi connectivity index (χ1) is 7.31. The summed E-state index contributed by atoms with van der Waals surface area (Å²) in [5.74, 6) is 0. The number of unbranched alkanes of at least 4 members (excludes halogenated alkanes) is 1. The standard InChI is InChI=1S/C11H25O3PS.Li/c1-6-7-8-11(16)15(12,13-9(2)3)14-10(4)5;/h9-11,16H,6-8H2,1-5H3;/q;+1/p-1/t11-;/m1./s1. The zero-order valence-corrected chi connectivity index (χ0v) is 13.6. The first kappa shape index (κ1) is 20.6. The zero-order chi connectivity index (χ0) is 12.8. The average Bonchev–Trinajstić information content (AvgIpc) is 2.11. The Balaban J connectivity index is 0. The number of rotatable bonds is 8. The van der Waals surface area contributed by atoms with Crippen molar-refractivity contribution in [2.75, 3.05) is 0 Å². The molecule has 0 aliphatic heterocycles. The van der Waals surface area contributed by atoms with Crippen molar-refractivity contribution in [3.63, 3.8) is 0 Å².